The molecule has 0 amide bonds. The zero-order valence-electron chi connectivity index (χ0n) is 18.1. The number of aryl methyl sites for hydroxylation is 1. The van der Waals surface area contributed by atoms with Gasteiger partial charge in [-0.2, -0.15) is 30.4 Å². The Bertz CT molecular complexity index is 1460. The molecule has 0 N–H and O–H groups in total. The highest BCUT2D eigenvalue weighted by Crippen LogP contribution is 2.40. The first kappa shape index (κ1) is 27.0. The van der Waals surface area contributed by atoms with Crippen LogP contribution in [0.15, 0.2) is 41.3 Å². The molecule has 1 unspecified atom stereocenters. The van der Waals surface area contributed by atoms with Crippen molar-refractivity contribution in [3.8, 4) is 11.5 Å². The van der Waals surface area contributed by atoms with Crippen molar-refractivity contribution in [2.45, 2.75) is 36.4 Å². The van der Waals surface area contributed by atoms with E-state index in [0.29, 0.717) is 36.5 Å². The van der Waals surface area contributed by atoms with Gasteiger partial charge in [-0.05, 0) is 60.7 Å². The molecule has 0 spiro atoms. The van der Waals surface area contributed by atoms with E-state index >= 15 is 0 Å². The predicted octanol–water partition coefficient (Wildman–Crippen LogP) is 7.28. The van der Waals surface area contributed by atoms with Gasteiger partial charge in [0.2, 0.25) is 34.8 Å². The van der Waals surface area contributed by atoms with Gasteiger partial charge in [0.15, 0.2) is 0 Å². The second kappa shape index (κ2) is 9.67. The highest BCUT2D eigenvalue weighted by Gasteiger charge is 2.33. The molecule has 0 fully saturated rings. The minimum atomic E-state index is -5.04. The molecule has 0 heterocycles. The van der Waals surface area contributed by atoms with E-state index in [-0.39, 0.29) is 10.8 Å². The highest BCUT2D eigenvalue weighted by atomic mass is 35.5. The Kier molecular flexibility index (Phi) is 7.06. The Morgan fingerprint density at radius 1 is 0.865 bits per heavy atom. The Morgan fingerprint density at radius 2 is 1.49 bits per heavy atom. The van der Waals surface area contributed by atoms with E-state index in [0.717, 1.165) is 24.3 Å². The first-order valence-corrected chi connectivity index (χ1v) is 12.1. The van der Waals surface area contributed by atoms with Crippen molar-refractivity contribution in [3.05, 3.63) is 87.2 Å². The third-order valence-corrected chi connectivity index (χ3v) is 7.07. The Hall–Kier alpha value is -3.06. The minimum Gasteiger partial charge on any atom is -0.484 e. The summed E-state index contributed by atoms with van der Waals surface area (Å²) in [7, 11) is -5.04. The van der Waals surface area contributed by atoms with Crippen LogP contribution in [-0.4, -0.2) is 8.42 Å². The molecule has 1 atom stereocenters. The van der Waals surface area contributed by atoms with Crippen LogP contribution in [0.5, 0.6) is 11.5 Å². The van der Waals surface area contributed by atoms with Crippen LogP contribution >= 0.6 is 11.6 Å². The van der Waals surface area contributed by atoms with Crippen LogP contribution in [0.2, 0.25) is 5.02 Å². The average Bonchev–Trinajstić information content (AvgIpc) is 2.84. The average molecular weight is 573 g/mol. The standard InChI is InChI=1S/C23H13ClF8O4S/c24-14-9-11(23(30,31)32)4-7-16(14)35-15-3-1-2-10-8-12(5-6-13(10)15)37(33,34)36-22-20(28)18(26)17(25)19(27)21(22)29/h4-9,15H,1-3H2. The van der Waals surface area contributed by atoms with E-state index in [1.165, 1.54) is 6.07 Å². The van der Waals surface area contributed by atoms with E-state index in [1.807, 2.05) is 0 Å². The van der Waals surface area contributed by atoms with Gasteiger partial charge in [-0.25, -0.2) is 13.2 Å². The summed E-state index contributed by atoms with van der Waals surface area (Å²) in [6, 6.07) is 5.88. The Labute approximate surface area is 209 Å². The zero-order valence-corrected chi connectivity index (χ0v) is 19.7. The first-order chi connectivity index (χ1) is 17.2. The maximum atomic E-state index is 13.9. The van der Waals surface area contributed by atoms with Crippen molar-refractivity contribution in [1.82, 2.24) is 0 Å². The third kappa shape index (κ3) is 5.19. The number of ether oxygens (including phenoxy) is 1. The molecule has 37 heavy (non-hydrogen) atoms. The highest BCUT2D eigenvalue weighted by molar-refractivity contribution is 7.87. The number of hydrogen-bond acceptors (Lipinski definition) is 4. The van der Waals surface area contributed by atoms with Gasteiger partial charge in [-0.15, -0.1) is 0 Å². The lowest BCUT2D eigenvalue weighted by atomic mass is 9.89. The molecule has 3 aromatic carbocycles. The van der Waals surface area contributed by atoms with Gasteiger partial charge in [0.1, 0.15) is 16.7 Å². The molecule has 198 valence electrons. The normalized spacial score (nSPS) is 15.9. The number of benzene rings is 3. The number of rotatable bonds is 5. The van der Waals surface area contributed by atoms with Crippen molar-refractivity contribution < 1.29 is 52.5 Å². The lowest BCUT2D eigenvalue weighted by Gasteiger charge is -2.27. The molecular weight excluding hydrogens is 560 g/mol. The van der Waals surface area contributed by atoms with Crippen molar-refractivity contribution in [2.75, 3.05) is 0 Å². The van der Waals surface area contributed by atoms with Gasteiger partial charge in [0.25, 0.3) is 0 Å². The van der Waals surface area contributed by atoms with Crippen LogP contribution in [0, 0.1) is 29.1 Å². The summed E-state index contributed by atoms with van der Waals surface area (Å²) in [6.45, 7) is 0. The van der Waals surface area contributed by atoms with E-state index in [9.17, 15) is 43.5 Å². The molecule has 0 saturated heterocycles. The maximum Gasteiger partial charge on any atom is 0.416 e. The number of hydrogen-bond donors (Lipinski definition) is 0. The lowest BCUT2D eigenvalue weighted by Crippen LogP contribution is -2.18. The van der Waals surface area contributed by atoms with Crippen LogP contribution in [0.1, 0.15) is 35.6 Å². The van der Waals surface area contributed by atoms with Gasteiger partial charge >= 0.3 is 16.3 Å². The lowest BCUT2D eigenvalue weighted by molar-refractivity contribution is -0.137. The van der Waals surface area contributed by atoms with Crippen LogP contribution < -0.4 is 8.92 Å². The van der Waals surface area contributed by atoms with E-state index in [1.54, 1.807) is 0 Å². The van der Waals surface area contributed by atoms with Gasteiger partial charge in [-0.3, -0.25) is 0 Å². The molecule has 1 aliphatic rings. The molecule has 0 saturated carbocycles. The Morgan fingerprint density at radius 3 is 2.08 bits per heavy atom. The molecule has 0 radical (unpaired) electrons. The first-order valence-electron chi connectivity index (χ1n) is 10.3. The van der Waals surface area contributed by atoms with Gasteiger partial charge < -0.3 is 8.92 Å². The summed E-state index contributed by atoms with van der Waals surface area (Å²) >= 11 is 5.94. The quantitative estimate of drug-likeness (QED) is 0.140. The van der Waals surface area contributed by atoms with E-state index in [2.05, 4.69) is 4.18 Å². The Balaban J connectivity index is 1.62. The van der Waals surface area contributed by atoms with Gasteiger partial charge in [-0.1, -0.05) is 17.7 Å². The fraction of sp³-hybridized carbons (Fsp3) is 0.217. The van der Waals surface area contributed by atoms with Crippen molar-refractivity contribution in [3.63, 3.8) is 0 Å². The zero-order chi connectivity index (χ0) is 27.3. The SMILES string of the molecule is O=S(=O)(Oc1c(F)c(F)c(F)c(F)c1F)c1ccc2c(c1)CCCC2Oc1ccc(C(F)(F)F)cc1Cl. The predicted molar refractivity (Wildman–Crippen MR) is 113 cm³/mol. The molecule has 14 heteroatoms. The molecule has 3 aromatic rings. The number of halogens is 9. The minimum absolute atomic E-state index is 0.0427. The summed E-state index contributed by atoms with van der Waals surface area (Å²) in [6.07, 6.45) is -4.16. The molecule has 4 nitrogen and oxygen atoms in total. The van der Waals surface area contributed by atoms with Gasteiger partial charge in [0.05, 0.1) is 10.6 Å². The largest absolute Gasteiger partial charge is 0.484 e. The monoisotopic (exact) mass is 572 g/mol. The smallest absolute Gasteiger partial charge is 0.416 e. The molecule has 1 aliphatic carbocycles. The summed E-state index contributed by atoms with van der Waals surface area (Å²) < 4.78 is 142. The van der Waals surface area contributed by atoms with Crippen LogP contribution in [0.4, 0.5) is 35.1 Å². The third-order valence-electron chi connectivity index (χ3n) is 5.55. The molecule has 0 bridgehead atoms. The van der Waals surface area contributed by atoms with Crippen molar-refractivity contribution in [2.24, 2.45) is 0 Å². The van der Waals surface area contributed by atoms with Crippen molar-refractivity contribution >= 4 is 21.7 Å². The van der Waals surface area contributed by atoms with Crippen LogP contribution in [-0.2, 0) is 22.7 Å². The van der Waals surface area contributed by atoms with Crippen LogP contribution in [0.3, 0.4) is 0 Å². The van der Waals surface area contributed by atoms with Gasteiger partial charge in [0, 0.05) is 0 Å². The van der Waals surface area contributed by atoms with E-state index in [4.69, 9.17) is 16.3 Å². The topological polar surface area (TPSA) is 52.6 Å². The molecular formula is C23H13ClF8O4S. The van der Waals surface area contributed by atoms with Crippen molar-refractivity contribution in [1.29, 1.82) is 0 Å². The number of alkyl halides is 3. The summed E-state index contributed by atoms with van der Waals surface area (Å²) in [5, 5.41) is -0.294. The second-order valence-corrected chi connectivity index (χ2v) is 9.89. The summed E-state index contributed by atoms with van der Waals surface area (Å²) in [5.41, 5.74) is -0.128. The maximum absolute atomic E-state index is 13.9. The summed E-state index contributed by atoms with van der Waals surface area (Å²) in [4.78, 5) is -0.636. The molecule has 4 rings (SSSR count). The second-order valence-electron chi connectivity index (χ2n) is 7.94. The fourth-order valence-corrected chi connectivity index (χ4v) is 4.97. The summed E-state index contributed by atoms with van der Waals surface area (Å²) in [5.74, 6) is -14.2. The molecule has 0 aliphatic heterocycles. The fourth-order valence-electron chi connectivity index (χ4n) is 3.77. The van der Waals surface area contributed by atoms with Crippen LogP contribution in [0.25, 0.3) is 0 Å². The number of fused-ring (bicyclic) bond motifs is 1. The molecule has 0 aromatic heterocycles. The van der Waals surface area contributed by atoms with E-state index < -0.39 is 67.7 Å².